The van der Waals surface area contributed by atoms with E-state index in [-0.39, 0.29) is 5.91 Å². The average Bonchev–Trinajstić information content (AvgIpc) is 3.05. The number of aliphatic imine (C=N–C) groups is 1. The molecule has 124 valence electrons. The van der Waals surface area contributed by atoms with Gasteiger partial charge in [0.1, 0.15) is 4.38 Å². The first-order valence-electron chi connectivity index (χ1n) is 7.89. The third-order valence-electron chi connectivity index (χ3n) is 3.65. The molecule has 0 atom stereocenters. The Morgan fingerprint density at radius 1 is 1.21 bits per heavy atom. The highest BCUT2D eigenvalue weighted by atomic mass is 32.2. The topological polar surface area (TPSA) is 41.5 Å². The zero-order chi connectivity index (χ0) is 16.9. The lowest BCUT2D eigenvalue weighted by atomic mass is 10.1. The van der Waals surface area contributed by atoms with Crippen molar-refractivity contribution in [3.05, 3.63) is 64.7 Å². The zero-order valence-electron chi connectivity index (χ0n) is 13.8. The molecule has 0 saturated heterocycles. The van der Waals surface area contributed by atoms with E-state index in [1.807, 2.05) is 50.2 Å². The highest BCUT2D eigenvalue weighted by Gasteiger charge is 2.14. The molecule has 3 nitrogen and oxygen atoms in total. The largest absolute Gasteiger partial charge is 0.322 e. The quantitative estimate of drug-likeness (QED) is 0.848. The van der Waals surface area contributed by atoms with Crippen LogP contribution in [0, 0.1) is 13.8 Å². The fourth-order valence-electron chi connectivity index (χ4n) is 2.66. The second-order valence-electron chi connectivity index (χ2n) is 5.77. The molecule has 0 aromatic heterocycles. The van der Waals surface area contributed by atoms with Gasteiger partial charge in [-0.25, -0.2) is 0 Å². The van der Waals surface area contributed by atoms with Gasteiger partial charge >= 0.3 is 0 Å². The van der Waals surface area contributed by atoms with Crippen molar-refractivity contribution in [2.75, 3.05) is 17.6 Å². The molecule has 0 aliphatic carbocycles. The van der Waals surface area contributed by atoms with Crippen LogP contribution in [0.15, 0.2) is 47.5 Å². The van der Waals surface area contributed by atoms with E-state index >= 15 is 0 Å². The van der Waals surface area contributed by atoms with Crippen LogP contribution in [-0.2, 0) is 5.75 Å². The maximum absolute atomic E-state index is 12.7. The molecule has 0 fully saturated rings. The monoisotopic (exact) mass is 356 g/mol. The third-order valence-corrected chi connectivity index (χ3v) is 5.95. The molecular formula is C19H20N2OS2. The first kappa shape index (κ1) is 17.1. The Hall–Kier alpha value is -1.72. The standard InChI is InChI=1S/C19H20N2OS2/c1-13-9-14(2)11-16(10-13)21-18(22)17-6-4-3-5-15(17)12-24-19-20-7-8-23-19/h3-6,9-11H,7-8,12H2,1-2H3,(H,21,22). The second kappa shape index (κ2) is 7.90. The summed E-state index contributed by atoms with van der Waals surface area (Å²) in [5.74, 6) is 1.77. The maximum atomic E-state index is 12.7. The summed E-state index contributed by atoms with van der Waals surface area (Å²) >= 11 is 3.51. The smallest absolute Gasteiger partial charge is 0.255 e. The summed E-state index contributed by atoms with van der Waals surface area (Å²) < 4.78 is 1.12. The normalized spacial score (nSPS) is 13.7. The van der Waals surface area contributed by atoms with Crippen molar-refractivity contribution in [3.8, 4) is 0 Å². The van der Waals surface area contributed by atoms with E-state index in [9.17, 15) is 4.79 Å². The van der Waals surface area contributed by atoms with Gasteiger partial charge in [-0.1, -0.05) is 47.8 Å². The number of aryl methyl sites for hydroxylation is 2. The maximum Gasteiger partial charge on any atom is 0.255 e. The lowest BCUT2D eigenvalue weighted by molar-refractivity contribution is 0.102. The molecule has 2 aromatic rings. The van der Waals surface area contributed by atoms with Crippen molar-refractivity contribution >= 4 is 39.5 Å². The molecular weight excluding hydrogens is 336 g/mol. The fourth-order valence-corrected chi connectivity index (χ4v) is 4.67. The molecule has 0 saturated carbocycles. The molecule has 1 heterocycles. The molecule has 0 spiro atoms. The van der Waals surface area contributed by atoms with Gasteiger partial charge in [0.15, 0.2) is 0 Å². The number of amides is 1. The summed E-state index contributed by atoms with van der Waals surface area (Å²) in [5.41, 5.74) is 4.90. The predicted octanol–water partition coefficient (Wildman–Crippen LogP) is 4.89. The molecule has 0 unspecified atom stereocenters. The van der Waals surface area contributed by atoms with Gasteiger partial charge in [-0.3, -0.25) is 9.79 Å². The lowest BCUT2D eigenvalue weighted by Crippen LogP contribution is -2.14. The van der Waals surface area contributed by atoms with E-state index in [0.717, 1.165) is 50.4 Å². The summed E-state index contributed by atoms with van der Waals surface area (Å²) in [7, 11) is 0. The number of nitrogens with zero attached hydrogens (tertiary/aromatic N) is 1. The van der Waals surface area contributed by atoms with Crippen molar-refractivity contribution in [2.24, 2.45) is 4.99 Å². The predicted molar refractivity (Wildman–Crippen MR) is 106 cm³/mol. The third kappa shape index (κ3) is 4.42. The first-order valence-corrected chi connectivity index (χ1v) is 9.86. The van der Waals surface area contributed by atoms with Gasteiger partial charge in [0.25, 0.3) is 5.91 Å². The van der Waals surface area contributed by atoms with E-state index in [4.69, 9.17) is 0 Å². The van der Waals surface area contributed by atoms with Crippen LogP contribution in [0.25, 0.3) is 0 Å². The van der Waals surface area contributed by atoms with Crippen molar-refractivity contribution < 1.29 is 4.79 Å². The molecule has 1 amide bonds. The number of thioether (sulfide) groups is 2. The van der Waals surface area contributed by atoms with Crippen LogP contribution < -0.4 is 5.32 Å². The zero-order valence-corrected chi connectivity index (χ0v) is 15.5. The Bertz CT molecular complexity index is 766. The van der Waals surface area contributed by atoms with Crippen LogP contribution >= 0.6 is 23.5 Å². The van der Waals surface area contributed by atoms with Crippen molar-refractivity contribution in [3.63, 3.8) is 0 Å². The van der Waals surface area contributed by atoms with Crippen LogP contribution in [-0.4, -0.2) is 22.6 Å². The molecule has 0 bridgehead atoms. The minimum atomic E-state index is -0.0581. The highest BCUT2D eigenvalue weighted by molar-refractivity contribution is 8.38. The Labute approximate surface area is 151 Å². The summed E-state index contributed by atoms with van der Waals surface area (Å²) in [6, 6.07) is 13.9. The van der Waals surface area contributed by atoms with Gasteiger partial charge < -0.3 is 5.32 Å². The van der Waals surface area contributed by atoms with Gasteiger partial charge in [0, 0.05) is 22.8 Å². The van der Waals surface area contributed by atoms with Crippen molar-refractivity contribution in [1.29, 1.82) is 0 Å². The summed E-state index contributed by atoms with van der Waals surface area (Å²) in [4.78, 5) is 17.2. The number of carbonyl (C=O) groups excluding carboxylic acids is 1. The molecule has 5 heteroatoms. The Balaban J connectivity index is 1.74. The number of benzene rings is 2. The van der Waals surface area contributed by atoms with E-state index in [1.165, 1.54) is 0 Å². The highest BCUT2D eigenvalue weighted by Crippen LogP contribution is 2.27. The number of nitrogens with one attached hydrogen (secondary N) is 1. The van der Waals surface area contributed by atoms with Crippen LogP contribution in [0.3, 0.4) is 0 Å². The van der Waals surface area contributed by atoms with Gasteiger partial charge in [-0.2, -0.15) is 0 Å². The minimum Gasteiger partial charge on any atom is -0.322 e. The fraction of sp³-hybridized carbons (Fsp3) is 0.263. The lowest BCUT2D eigenvalue weighted by Gasteiger charge is -2.11. The van der Waals surface area contributed by atoms with E-state index in [2.05, 4.69) is 16.4 Å². The minimum absolute atomic E-state index is 0.0581. The molecule has 1 N–H and O–H groups in total. The van der Waals surface area contributed by atoms with Crippen molar-refractivity contribution in [2.45, 2.75) is 19.6 Å². The molecule has 0 radical (unpaired) electrons. The molecule has 3 rings (SSSR count). The summed E-state index contributed by atoms with van der Waals surface area (Å²) in [6.45, 7) is 4.97. The van der Waals surface area contributed by atoms with Crippen LogP contribution in [0.1, 0.15) is 27.0 Å². The Morgan fingerprint density at radius 3 is 2.67 bits per heavy atom. The van der Waals surface area contributed by atoms with Gasteiger partial charge in [0.05, 0.1) is 6.54 Å². The number of anilines is 1. The molecule has 1 aliphatic heterocycles. The van der Waals surface area contributed by atoms with E-state index < -0.39 is 0 Å². The van der Waals surface area contributed by atoms with Gasteiger partial charge in [-0.15, -0.1) is 0 Å². The van der Waals surface area contributed by atoms with Gasteiger partial charge in [0.2, 0.25) is 0 Å². The van der Waals surface area contributed by atoms with Crippen LogP contribution in [0.2, 0.25) is 0 Å². The van der Waals surface area contributed by atoms with E-state index in [1.54, 1.807) is 23.5 Å². The Morgan fingerprint density at radius 2 is 1.96 bits per heavy atom. The first-order chi connectivity index (χ1) is 11.6. The van der Waals surface area contributed by atoms with Gasteiger partial charge in [-0.05, 0) is 48.7 Å². The SMILES string of the molecule is Cc1cc(C)cc(NC(=O)c2ccccc2CSC2=NCCS2)c1. The summed E-state index contributed by atoms with van der Waals surface area (Å²) in [6.07, 6.45) is 0. The number of carbonyl (C=O) groups is 1. The molecule has 2 aromatic carbocycles. The number of hydrogen-bond donors (Lipinski definition) is 1. The summed E-state index contributed by atoms with van der Waals surface area (Å²) in [5, 5.41) is 3.02. The average molecular weight is 357 g/mol. The molecule has 1 aliphatic rings. The van der Waals surface area contributed by atoms with E-state index in [0.29, 0.717) is 0 Å². The Kier molecular flexibility index (Phi) is 5.63. The molecule has 24 heavy (non-hydrogen) atoms. The van der Waals surface area contributed by atoms with Crippen LogP contribution in [0.4, 0.5) is 5.69 Å². The second-order valence-corrected chi connectivity index (χ2v) is 8.08. The number of hydrogen-bond acceptors (Lipinski definition) is 4. The van der Waals surface area contributed by atoms with Crippen molar-refractivity contribution in [1.82, 2.24) is 0 Å². The van der Waals surface area contributed by atoms with Crippen LogP contribution in [0.5, 0.6) is 0 Å². The number of rotatable bonds is 4.